The zero-order valence-corrected chi connectivity index (χ0v) is 15.1. The second-order valence-electron chi connectivity index (χ2n) is 7.38. The molecule has 0 radical (unpaired) electrons. The summed E-state index contributed by atoms with van der Waals surface area (Å²) in [4.78, 5) is 27.4. The molecule has 0 bridgehead atoms. The number of amides is 1. The number of carbonyl (C=O) groups is 2. The van der Waals surface area contributed by atoms with Gasteiger partial charge in [-0.3, -0.25) is 9.69 Å². The molecule has 6 heteroatoms. The molecule has 1 aliphatic carbocycles. The second kappa shape index (κ2) is 7.04. The van der Waals surface area contributed by atoms with Gasteiger partial charge in [-0.15, -0.1) is 0 Å². The Hall–Kier alpha value is -2.08. The molecule has 2 fully saturated rings. The molecule has 0 aromatic heterocycles. The van der Waals surface area contributed by atoms with Crippen molar-refractivity contribution in [3.63, 3.8) is 0 Å². The Kier molecular flexibility index (Phi) is 4.99. The lowest BCUT2D eigenvalue weighted by atomic mass is 9.88. The van der Waals surface area contributed by atoms with Crippen molar-refractivity contribution in [2.75, 3.05) is 27.7 Å². The zero-order chi connectivity index (χ0) is 18.1. The lowest BCUT2D eigenvalue weighted by Crippen LogP contribution is -2.39. The normalized spacial score (nSPS) is 26.0. The molecule has 1 amide bonds. The summed E-state index contributed by atoms with van der Waals surface area (Å²) in [6.45, 7) is 1.55. The molecule has 3 rings (SSSR count). The van der Waals surface area contributed by atoms with Crippen LogP contribution in [0.4, 0.5) is 0 Å². The number of piperidine rings is 1. The number of hydrogen-bond donors (Lipinski definition) is 1. The average molecular weight is 346 g/mol. The summed E-state index contributed by atoms with van der Waals surface area (Å²) in [6.07, 6.45) is 2.81. The van der Waals surface area contributed by atoms with Gasteiger partial charge in [0.25, 0.3) is 0 Å². The highest BCUT2D eigenvalue weighted by Crippen LogP contribution is 2.40. The van der Waals surface area contributed by atoms with E-state index in [1.807, 2.05) is 18.0 Å². The lowest BCUT2D eigenvalue weighted by Gasteiger charge is -2.31. The van der Waals surface area contributed by atoms with E-state index in [1.165, 1.54) is 7.11 Å². The number of fused-ring (bicyclic) bond motifs is 1. The van der Waals surface area contributed by atoms with Crippen molar-refractivity contribution in [2.45, 2.75) is 31.8 Å². The van der Waals surface area contributed by atoms with E-state index < -0.39 is 5.97 Å². The van der Waals surface area contributed by atoms with Crippen LogP contribution in [0.25, 0.3) is 0 Å². The summed E-state index contributed by atoms with van der Waals surface area (Å²) < 4.78 is 5.12. The Labute approximate surface area is 148 Å². The molecule has 3 atom stereocenters. The number of hydrogen-bond acceptors (Lipinski definition) is 4. The van der Waals surface area contributed by atoms with E-state index in [0.717, 1.165) is 24.9 Å². The molecule has 0 spiro atoms. The minimum atomic E-state index is -0.977. The molecule has 1 saturated carbocycles. The summed E-state index contributed by atoms with van der Waals surface area (Å²) in [5.74, 6) is 0.732. The van der Waals surface area contributed by atoms with Gasteiger partial charge in [0.2, 0.25) is 5.91 Å². The molecule has 1 aliphatic heterocycles. The van der Waals surface area contributed by atoms with Crippen LogP contribution < -0.4 is 4.74 Å². The van der Waals surface area contributed by atoms with Gasteiger partial charge in [-0.1, -0.05) is 6.07 Å². The van der Waals surface area contributed by atoms with E-state index in [0.29, 0.717) is 36.6 Å². The summed E-state index contributed by atoms with van der Waals surface area (Å²) in [6, 6.07) is 5.76. The fourth-order valence-electron chi connectivity index (χ4n) is 4.28. The van der Waals surface area contributed by atoms with Crippen molar-refractivity contribution in [2.24, 2.45) is 11.8 Å². The Morgan fingerprint density at radius 1 is 1.36 bits per heavy atom. The summed E-state index contributed by atoms with van der Waals surface area (Å²) in [5.41, 5.74) is 1.16. The standard InChI is InChI=1S/C19H26N2O4/c1-20(10-12-4-5-17(25-3)16(6-12)19(23)24)15-7-13-9-18(22)21(2)11-14(13)8-15/h4-6,13-15H,7-11H2,1-3H3,(H,23,24)/t13-,14+,15-/m0/s1. The predicted molar refractivity (Wildman–Crippen MR) is 93.7 cm³/mol. The van der Waals surface area contributed by atoms with Gasteiger partial charge in [0.05, 0.1) is 7.11 Å². The van der Waals surface area contributed by atoms with Gasteiger partial charge < -0.3 is 14.7 Å². The van der Waals surface area contributed by atoms with E-state index in [-0.39, 0.29) is 11.5 Å². The van der Waals surface area contributed by atoms with E-state index in [2.05, 4.69) is 11.9 Å². The van der Waals surface area contributed by atoms with Crippen molar-refractivity contribution in [3.05, 3.63) is 29.3 Å². The molecule has 1 saturated heterocycles. The third kappa shape index (κ3) is 3.63. The number of rotatable bonds is 5. The smallest absolute Gasteiger partial charge is 0.339 e. The van der Waals surface area contributed by atoms with Crippen molar-refractivity contribution in [1.82, 2.24) is 9.80 Å². The third-order valence-electron chi connectivity index (χ3n) is 5.74. The number of methoxy groups -OCH3 is 1. The fourth-order valence-corrected chi connectivity index (χ4v) is 4.28. The van der Waals surface area contributed by atoms with E-state index in [1.54, 1.807) is 12.1 Å². The van der Waals surface area contributed by atoms with Gasteiger partial charge >= 0.3 is 5.97 Å². The SMILES string of the molecule is COc1ccc(CN(C)[C@H]2C[C@H]3CC(=O)N(C)C[C@H]3C2)cc1C(=O)O. The molecule has 136 valence electrons. The maximum absolute atomic E-state index is 11.9. The van der Waals surface area contributed by atoms with Crippen LogP contribution in [-0.2, 0) is 11.3 Å². The number of nitrogens with zero attached hydrogens (tertiary/aromatic N) is 2. The topological polar surface area (TPSA) is 70.1 Å². The quantitative estimate of drug-likeness (QED) is 0.884. The highest BCUT2D eigenvalue weighted by molar-refractivity contribution is 5.91. The maximum Gasteiger partial charge on any atom is 0.339 e. The van der Waals surface area contributed by atoms with Crippen LogP contribution in [-0.4, -0.2) is 60.6 Å². The van der Waals surface area contributed by atoms with Crippen molar-refractivity contribution in [1.29, 1.82) is 0 Å². The van der Waals surface area contributed by atoms with Crippen LogP contribution in [0.5, 0.6) is 5.75 Å². The Morgan fingerprint density at radius 2 is 2.08 bits per heavy atom. The number of carboxylic acid groups (broad SMARTS) is 1. The number of aromatic carboxylic acids is 1. The summed E-state index contributed by atoms with van der Waals surface area (Å²) >= 11 is 0. The first-order valence-corrected chi connectivity index (χ1v) is 8.73. The van der Waals surface area contributed by atoms with Gasteiger partial charge in [-0.2, -0.15) is 0 Å². The first-order valence-electron chi connectivity index (χ1n) is 8.73. The second-order valence-corrected chi connectivity index (χ2v) is 7.38. The number of likely N-dealkylation sites (tertiary alicyclic amines) is 1. The molecule has 6 nitrogen and oxygen atoms in total. The molecular weight excluding hydrogens is 320 g/mol. The molecule has 1 aromatic rings. The Balaban J connectivity index is 1.67. The fraction of sp³-hybridized carbons (Fsp3) is 0.579. The monoisotopic (exact) mass is 346 g/mol. The minimum absolute atomic E-state index is 0.195. The highest BCUT2D eigenvalue weighted by Gasteiger charge is 2.41. The summed E-state index contributed by atoms with van der Waals surface area (Å²) in [5, 5.41) is 9.33. The van der Waals surface area contributed by atoms with E-state index >= 15 is 0 Å². The number of benzene rings is 1. The average Bonchev–Trinajstić information content (AvgIpc) is 2.98. The van der Waals surface area contributed by atoms with Crippen LogP contribution in [0, 0.1) is 11.8 Å². The zero-order valence-electron chi connectivity index (χ0n) is 15.1. The molecule has 1 N–H and O–H groups in total. The predicted octanol–water partition coefficient (Wildman–Crippen LogP) is 2.08. The minimum Gasteiger partial charge on any atom is -0.496 e. The maximum atomic E-state index is 11.9. The lowest BCUT2D eigenvalue weighted by molar-refractivity contribution is -0.134. The van der Waals surface area contributed by atoms with Crippen LogP contribution in [0.15, 0.2) is 18.2 Å². The van der Waals surface area contributed by atoms with Gasteiger partial charge in [0.1, 0.15) is 11.3 Å². The first-order chi connectivity index (χ1) is 11.9. The van der Waals surface area contributed by atoms with Crippen molar-refractivity contribution >= 4 is 11.9 Å². The molecule has 1 aromatic carbocycles. The van der Waals surface area contributed by atoms with Gasteiger partial charge in [0.15, 0.2) is 0 Å². The van der Waals surface area contributed by atoms with Crippen LogP contribution in [0.1, 0.15) is 35.2 Å². The van der Waals surface area contributed by atoms with Gasteiger partial charge in [-0.25, -0.2) is 4.79 Å². The number of carboxylic acids is 1. The molecule has 0 unspecified atom stereocenters. The molecule has 2 aliphatic rings. The third-order valence-corrected chi connectivity index (χ3v) is 5.74. The largest absolute Gasteiger partial charge is 0.496 e. The van der Waals surface area contributed by atoms with Crippen molar-refractivity contribution in [3.8, 4) is 5.75 Å². The highest BCUT2D eigenvalue weighted by atomic mass is 16.5. The molecule has 25 heavy (non-hydrogen) atoms. The number of carbonyl (C=O) groups excluding carboxylic acids is 1. The van der Waals surface area contributed by atoms with Gasteiger partial charge in [-0.05, 0) is 49.4 Å². The molecular formula is C19H26N2O4. The van der Waals surface area contributed by atoms with E-state index in [4.69, 9.17) is 4.74 Å². The van der Waals surface area contributed by atoms with E-state index in [9.17, 15) is 14.7 Å². The first kappa shape index (κ1) is 17.7. The van der Waals surface area contributed by atoms with Crippen LogP contribution in [0.2, 0.25) is 0 Å². The van der Waals surface area contributed by atoms with Gasteiger partial charge in [0, 0.05) is 32.6 Å². The Bertz CT molecular complexity index is 675. The molecule has 1 heterocycles. The number of ether oxygens (including phenoxy) is 1. The van der Waals surface area contributed by atoms with Crippen LogP contribution in [0.3, 0.4) is 0 Å². The van der Waals surface area contributed by atoms with Crippen LogP contribution >= 0.6 is 0 Å². The summed E-state index contributed by atoms with van der Waals surface area (Å²) in [7, 11) is 5.45. The Morgan fingerprint density at radius 3 is 2.76 bits per heavy atom. The van der Waals surface area contributed by atoms with Crippen molar-refractivity contribution < 1.29 is 19.4 Å².